The summed E-state index contributed by atoms with van der Waals surface area (Å²) in [6.07, 6.45) is 3.95. The highest BCUT2D eigenvalue weighted by Gasteiger charge is 2.19. The van der Waals surface area contributed by atoms with Crippen molar-refractivity contribution in [2.75, 3.05) is 20.3 Å². The Bertz CT molecular complexity index is 682. The molecule has 0 saturated carbocycles. The van der Waals surface area contributed by atoms with Crippen molar-refractivity contribution in [3.63, 3.8) is 0 Å². The second-order valence-electron chi connectivity index (χ2n) is 6.23. The van der Waals surface area contributed by atoms with Crippen molar-refractivity contribution in [2.45, 2.75) is 39.4 Å². The average molecular weight is 331 g/mol. The fourth-order valence-electron chi connectivity index (χ4n) is 2.76. The number of rotatable bonds is 6. The van der Waals surface area contributed by atoms with E-state index in [4.69, 9.17) is 14.2 Å². The fraction of sp³-hybridized carbons (Fsp3) is 0.500. The van der Waals surface area contributed by atoms with Crippen molar-refractivity contribution < 1.29 is 14.2 Å². The first-order valence-electron chi connectivity index (χ1n) is 8.29. The number of aryl methyl sites for hydroxylation is 1. The summed E-state index contributed by atoms with van der Waals surface area (Å²) in [6, 6.07) is 4.54. The van der Waals surface area contributed by atoms with Crippen LogP contribution in [0, 0.1) is 6.92 Å². The Labute approximate surface area is 142 Å². The summed E-state index contributed by atoms with van der Waals surface area (Å²) in [5, 5.41) is 7.95. The molecule has 24 heavy (non-hydrogen) atoms. The zero-order valence-electron chi connectivity index (χ0n) is 14.7. The van der Waals surface area contributed by atoms with Crippen LogP contribution in [0.1, 0.15) is 31.0 Å². The third-order valence-corrected chi connectivity index (χ3v) is 4.39. The molecule has 1 aliphatic rings. The molecule has 0 aliphatic carbocycles. The van der Waals surface area contributed by atoms with E-state index in [1.807, 2.05) is 23.0 Å². The first kappa shape index (κ1) is 16.6. The van der Waals surface area contributed by atoms with Gasteiger partial charge in [0, 0.05) is 18.8 Å². The number of fused-ring (bicyclic) bond motifs is 1. The van der Waals surface area contributed by atoms with Crippen LogP contribution >= 0.6 is 0 Å². The standard InChI is InChI=1S/C18H25N3O3/c1-12-9-20-21(11-12)14(3)13(2)19-10-15-7-16(22-4)18-17(8-15)23-5-6-24-18/h7-9,11,13-14,19H,5-6,10H2,1-4H3/t13-,14-/m1/s1. The molecule has 2 heterocycles. The fourth-order valence-corrected chi connectivity index (χ4v) is 2.76. The van der Waals surface area contributed by atoms with Gasteiger partial charge >= 0.3 is 0 Å². The van der Waals surface area contributed by atoms with Crippen molar-refractivity contribution in [3.05, 3.63) is 35.7 Å². The van der Waals surface area contributed by atoms with Gasteiger partial charge in [-0.25, -0.2) is 0 Å². The van der Waals surface area contributed by atoms with Crippen LogP contribution in [0.5, 0.6) is 17.2 Å². The number of hydrogen-bond donors (Lipinski definition) is 1. The lowest BCUT2D eigenvalue weighted by Gasteiger charge is -2.24. The van der Waals surface area contributed by atoms with E-state index in [0.29, 0.717) is 24.7 Å². The number of hydrogen-bond acceptors (Lipinski definition) is 5. The van der Waals surface area contributed by atoms with E-state index in [-0.39, 0.29) is 12.1 Å². The molecule has 3 rings (SSSR count). The zero-order chi connectivity index (χ0) is 17.1. The van der Waals surface area contributed by atoms with Gasteiger partial charge in [-0.05, 0) is 44.0 Å². The molecule has 0 fully saturated rings. The van der Waals surface area contributed by atoms with Crippen LogP contribution in [0.3, 0.4) is 0 Å². The Hall–Kier alpha value is -2.21. The minimum atomic E-state index is 0.262. The van der Waals surface area contributed by atoms with Gasteiger partial charge in [-0.15, -0.1) is 0 Å². The lowest BCUT2D eigenvalue weighted by Crippen LogP contribution is -2.33. The molecule has 1 aromatic heterocycles. The van der Waals surface area contributed by atoms with E-state index in [1.165, 1.54) is 5.56 Å². The van der Waals surface area contributed by atoms with Crippen molar-refractivity contribution in [1.82, 2.24) is 15.1 Å². The monoisotopic (exact) mass is 331 g/mol. The molecule has 6 nitrogen and oxygen atoms in total. The van der Waals surface area contributed by atoms with Gasteiger partial charge in [0.05, 0.1) is 19.3 Å². The molecule has 0 amide bonds. The highest BCUT2D eigenvalue weighted by molar-refractivity contribution is 5.54. The SMILES string of the molecule is COc1cc(CN[C@H](C)[C@@H](C)n2cc(C)cn2)cc2c1OCCO2. The smallest absolute Gasteiger partial charge is 0.203 e. The number of benzene rings is 1. The van der Waals surface area contributed by atoms with E-state index >= 15 is 0 Å². The topological polar surface area (TPSA) is 57.5 Å². The Morgan fingerprint density at radius 1 is 1.29 bits per heavy atom. The first-order valence-corrected chi connectivity index (χ1v) is 8.29. The third-order valence-electron chi connectivity index (χ3n) is 4.39. The maximum Gasteiger partial charge on any atom is 0.203 e. The lowest BCUT2D eigenvalue weighted by atomic mass is 10.1. The molecule has 1 aliphatic heterocycles. The Morgan fingerprint density at radius 2 is 2.08 bits per heavy atom. The van der Waals surface area contributed by atoms with E-state index in [2.05, 4.69) is 37.4 Å². The van der Waals surface area contributed by atoms with Crippen LogP contribution in [0.15, 0.2) is 24.5 Å². The molecule has 0 bridgehead atoms. The molecule has 6 heteroatoms. The molecule has 0 spiro atoms. The number of nitrogens with one attached hydrogen (secondary N) is 1. The van der Waals surface area contributed by atoms with Crippen LogP contribution < -0.4 is 19.5 Å². The summed E-state index contributed by atoms with van der Waals surface area (Å²) in [4.78, 5) is 0. The minimum Gasteiger partial charge on any atom is -0.493 e. The lowest BCUT2D eigenvalue weighted by molar-refractivity contribution is 0.165. The van der Waals surface area contributed by atoms with Crippen molar-refractivity contribution in [2.24, 2.45) is 0 Å². The summed E-state index contributed by atoms with van der Waals surface area (Å²) in [7, 11) is 1.65. The number of ether oxygens (including phenoxy) is 3. The molecule has 130 valence electrons. The van der Waals surface area contributed by atoms with Gasteiger partial charge in [-0.2, -0.15) is 5.10 Å². The Balaban J connectivity index is 1.67. The summed E-state index contributed by atoms with van der Waals surface area (Å²) in [6.45, 7) is 8.22. The van der Waals surface area contributed by atoms with Crippen LogP contribution in [0.4, 0.5) is 0 Å². The maximum absolute atomic E-state index is 5.69. The second kappa shape index (κ2) is 7.13. The number of methoxy groups -OCH3 is 1. The van der Waals surface area contributed by atoms with Gasteiger partial charge in [0.1, 0.15) is 13.2 Å². The third kappa shape index (κ3) is 3.48. The number of nitrogens with zero attached hydrogens (tertiary/aromatic N) is 2. The zero-order valence-corrected chi connectivity index (χ0v) is 14.7. The average Bonchev–Trinajstić information content (AvgIpc) is 3.04. The van der Waals surface area contributed by atoms with Gasteiger partial charge in [0.15, 0.2) is 11.5 Å². The van der Waals surface area contributed by atoms with E-state index in [0.717, 1.165) is 17.9 Å². The quantitative estimate of drug-likeness (QED) is 0.882. The summed E-state index contributed by atoms with van der Waals surface area (Å²) in [5.41, 5.74) is 2.28. The summed E-state index contributed by atoms with van der Waals surface area (Å²) < 4.78 is 18.8. The summed E-state index contributed by atoms with van der Waals surface area (Å²) >= 11 is 0. The first-order chi connectivity index (χ1) is 11.6. The maximum atomic E-state index is 5.69. The van der Waals surface area contributed by atoms with Gasteiger partial charge in [-0.1, -0.05) is 0 Å². The van der Waals surface area contributed by atoms with Crippen LogP contribution in [-0.4, -0.2) is 36.1 Å². The van der Waals surface area contributed by atoms with Gasteiger partial charge in [0.25, 0.3) is 0 Å². The number of aromatic nitrogens is 2. The second-order valence-corrected chi connectivity index (χ2v) is 6.23. The highest BCUT2D eigenvalue weighted by Crippen LogP contribution is 2.40. The van der Waals surface area contributed by atoms with Crippen LogP contribution in [0.25, 0.3) is 0 Å². The predicted octanol–water partition coefficient (Wildman–Crippen LogP) is 2.71. The van der Waals surface area contributed by atoms with E-state index in [9.17, 15) is 0 Å². The predicted molar refractivity (Wildman–Crippen MR) is 92.0 cm³/mol. The Morgan fingerprint density at radius 3 is 2.79 bits per heavy atom. The normalized spacial score (nSPS) is 15.8. The molecule has 0 radical (unpaired) electrons. The molecule has 0 unspecified atom stereocenters. The molecular formula is C18H25N3O3. The highest BCUT2D eigenvalue weighted by atomic mass is 16.6. The molecule has 0 saturated heterocycles. The van der Waals surface area contributed by atoms with Crippen molar-refractivity contribution in [3.8, 4) is 17.2 Å². The summed E-state index contributed by atoms with van der Waals surface area (Å²) in [5.74, 6) is 2.16. The van der Waals surface area contributed by atoms with Crippen molar-refractivity contribution >= 4 is 0 Å². The van der Waals surface area contributed by atoms with Crippen LogP contribution in [-0.2, 0) is 6.54 Å². The molecule has 1 N–H and O–H groups in total. The molecule has 1 aromatic carbocycles. The van der Waals surface area contributed by atoms with E-state index in [1.54, 1.807) is 7.11 Å². The van der Waals surface area contributed by atoms with Crippen molar-refractivity contribution in [1.29, 1.82) is 0 Å². The van der Waals surface area contributed by atoms with E-state index < -0.39 is 0 Å². The molecule has 2 aromatic rings. The largest absolute Gasteiger partial charge is 0.493 e. The van der Waals surface area contributed by atoms with Crippen LogP contribution in [0.2, 0.25) is 0 Å². The molecule has 2 atom stereocenters. The minimum absolute atomic E-state index is 0.262. The molecular weight excluding hydrogens is 306 g/mol. The van der Waals surface area contributed by atoms with Gasteiger partial charge < -0.3 is 19.5 Å². The van der Waals surface area contributed by atoms with Gasteiger partial charge in [0.2, 0.25) is 5.75 Å². The van der Waals surface area contributed by atoms with Gasteiger partial charge in [-0.3, -0.25) is 4.68 Å². The Kier molecular flexibility index (Phi) is 4.94.